The Hall–Kier alpha value is -1.38. The number of carbonyl (C=O) groups is 2. The van der Waals surface area contributed by atoms with Gasteiger partial charge in [-0.2, -0.15) is 0 Å². The zero-order valence-corrected chi connectivity index (χ0v) is 13.4. The van der Waals surface area contributed by atoms with E-state index >= 15 is 0 Å². The normalized spacial score (nSPS) is 44.4. The second-order valence-electron chi connectivity index (χ2n) is 8.08. The maximum Gasteiger partial charge on any atom is 0.197 e. The molecule has 0 aliphatic heterocycles. The van der Waals surface area contributed by atoms with Gasteiger partial charge in [-0.15, -0.1) is 0 Å². The second-order valence-corrected chi connectivity index (χ2v) is 8.08. The smallest absolute Gasteiger partial charge is 0.197 e. The SMILES string of the molecule is C[C@]12CCC(=O)C(O)=C1CC[C@@H]1C2=CC[C@]2(C)C(=O)CC[C@@H]12. The van der Waals surface area contributed by atoms with Gasteiger partial charge in [0.15, 0.2) is 11.5 Å². The Bertz CT molecular complexity index is 641. The van der Waals surface area contributed by atoms with Crippen LogP contribution in [0.15, 0.2) is 23.0 Å². The third kappa shape index (κ3) is 1.57. The number of rotatable bonds is 0. The zero-order chi connectivity index (χ0) is 15.7. The molecule has 118 valence electrons. The Morgan fingerprint density at radius 1 is 1.14 bits per heavy atom. The van der Waals surface area contributed by atoms with E-state index < -0.39 is 0 Å². The number of ketones is 2. The number of Topliss-reactive ketones (excluding diaryl/α,β-unsaturated/α-hetero) is 2. The van der Waals surface area contributed by atoms with Gasteiger partial charge in [-0.05, 0) is 49.5 Å². The standard InChI is InChI=1S/C19H24O3/c1-18-10-8-15(20)17(22)14(18)4-3-11-12-5-6-16(21)19(12,2)9-7-13(11)18/h7,11-12,22H,3-6,8-10H2,1-2H3/t11-,12-,18+,19-/m0/s1. The molecule has 0 heterocycles. The summed E-state index contributed by atoms with van der Waals surface area (Å²) < 4.78 is 0. The maximum absolute atomic E-state index is 12.3. The van der Waals surface area contributed by atoms with Crippen LogP contribution in [0.5, 0.6) is 0 Å². The van der Waals surface area contributed by atoms with Gasteiger partial charge < -0.3 is 5.11 Å². The van der Waals surface area contributed by atoms with Crippen molar-refractivity contribution in [3.05, 3.63) is 23.0 Å². The van der Waals surface area contributed by atoms with Crippen LogP contribution in [-0.2, 0) is 9.59 Å². The van der Waals surface area contributed by atoms with Crippen LogP contribution in [0.2, 0.25) is 0 Å². The average molecular weight is 300 g/mol. The third-order valence-electron chi connectivity index (χ3n) is 7.18. The molecule has 4 rings (SSSR count). The van der Waals surface area contributed by atoms with Crippen LogP contribution in [0.25, 0.3) is 0 Å². The lowest BCUT2D eigenvalue weighted by Crippen LogP contribution is -2.45. The summed E-state index contributed by atoms with van der Waals surface area (Å²) in [5.41, 5.74) is 2.04. The van der Waals surface area contributed by atoms with Gasteiger partial charge in [0, 0.05) is 23.7 Å². The minimum absolute atomic E-state index is 0.0314. The van der Waals surface area contributed by atoms with Crippen LogP contribution in [0.1, 0.15) is 58.8 Å². The lowest BCUT2D eigenvalue weighted by atomic mass is 9.52. The van der Waals surface area contributed by atoms with Crippen LogP contribution in [-0.4, -0.2) is 16.7 Å². The van der Waals surface area contributed by atoms with Gasteiger partial charge in [0.25, 0.3) is 0 Å². The van der Waals surface area contributed by atoms with Gasteiger partial charge in [0.2, 0.25) is 0 Å². The Balaban J connectivity index is 1.81. The third-order valence-corrected chi connectivity index (χ3v) is 7.18. The summed E-state index contributed by atoms with van der Waals surface area (Å²) in [6.45, 7) is 4.35. The first-order chi connectivity index (χ1) is 10.4. The number of aliphatic hydroxyl groups excluding tert-OH is 1. The molecular weight excluding hydrogens is 276 g/mol. The Labute approximate surface area is 131 Å². The highest BCUT2D eigenvalue weighted by atomic mass is 16.3. The van der Waals surface area contributed by atoms with Crippen molar-refractivity contribution < 1.29 is 14.7 Å². The van der Waals surface area contributed by atoms with Crippen LogP contribution < -0.4 is 0 Å². The monoisotopic (exact) mass is 300 g/mol. The number of fused-ring (bicyclic) bond motifs is 5. The molecule has 3 nitrogen and oxygen atoms in total. The fourth-order valence-electron chi connectivity index (χ4n) is 5.76. The van der Waals surface area contributed by atoms with Crippen LogP contribution in [0.4, 0.5) is 0 Å². The van der Waals surface area contributed by atoms with Crippen molar-refractivity contribution in [1.29, 1.82) is 0 Å². The molecule has 2 fully saturated rings. The second kappa shape index (κ2) is 4.33. The van der Waals surface area contributed by atoms with Gasteiger partial charge in [0.05, 0.1) is 0 Å². The van der Waals surface area contributed by atoms with E-state index in [1.807, 2.05) is 0 Å². The molecule has 3 heteroatoms. The van der Waals surface area contributed by atoms with E-state index in [0.29, 0.717) is 24.0 Å². The Morgan fingerprint density at radius 2 is 1.91 bits per heavy atom. The lowest BCUT2D eigenvalue weighted by Gasteiger charge is -2.52. The van der Waals surface area contributed by atoms with Crippen molar-refractivity contribution in [2.45, 2.75) is 58.8 Å². The van der Waals surface area contributed by atoms with Gasteiger partial charge >= 0.3 is 0 Å². The molecule has 22 heavy (non-hydrogen) atoms. The Morgan fingerprint density at radius 3 is 2.68 bits per heavy atom. The maximum atomic E-state index is 12.3. The number of hydrogen-bond acceptors (Lipinski definition) is 3. The first-order valence-electron chi connectivity index (χ1n) is 8.57. The summed E-state index contributed by atoms with van der Waals surface area (Å²) in [4.78, 5) is 24.2. The molecule has 0 bridgehead atoms. The highest BCUT2D eigenvalue weighted by Gasteiger charge is 2.56. The van der Waals surface area contributed by atoms with Crippen molar-refractivity contribution in [2.75, 3.05) is 0 Å². The minimum atomic E-state index is -0.168. The zero-order valence-electron chi connectivity index (χ0n) is 13.4. The van der Waals surface area contributed by atoms with Gasteiger partial charge in [-0.25, -0.2) is 0 Å². The fraction of sp³-hybridized carbons (Fsp3) is 0.684. The van der Waals surface area contributed by atoms with E-state index in [4.69, 9.17) is 0 Å². The van der Waals surface area contributed by atoms with Crippen molar-refractivity contribution >= 4 is 11.6 Å². The van der Waals surface area contributed by atoms with Crippen LogP contribution >= 0.6 is 0 Å². The molecule has 0 aromatic carbocycles. The van der Waals surface area contributed by atoms with Crippen LogP contribution in [0.3, 0.4) is 0 Å². The average Bonchev–Trinajstić information content (AvgIpc) is 2.79. The quantitative estimate of drug-likeness (QED) is 0.690. The topological polar surface area (TPSA) is 54.4 Å². The predicted molar refractivity (Wildman–Crippen MR) is 83.3 cm³/mol. The van der Waals surface area contributed by atoms with E-state index in [2.05, 4.69) is 19.9 Å². The Kier molecular flexibility index (Phi) is 2.80. The molecule has 0 amide bonds. The predicted octanol–water partition coefficient (Wildman–Crippen LogP) is 3.89. The van der Waals surface area contributed by atoms with E-state index in [1.54, 1.807) is 0 Å². The van der Waals surface area contributed by atoms with Crippen molar-refractivity contribution in [3.8, 4) is 0 Å². The number of allylic oxidation sites excluding steroid dienone is 4. The molecule has 0 unspecified atom stereocenters. The summed E-state index contributed by atoms with van der Waals surface area (Å²) in [6, 6.07) is 0. The lowest BCUT2D eigenvalue weighted by molar-refractivity contribution is -0.127. The van der Waals surface area contributed by atoms with Crippen LogP contribution in [0, 0.1) is 22.7 Å². The molecule has 0 saturated heterocycles. The number of hydrogen-bond donors (Lipinski definition) is 1. The first-order valence-corrected chi connectivity index (χ1v) is 8.57. The molecule has 0 radical (unpaired) electrons. The van der Waals surface area contributed by atoms with E-state index in [-0.39, 0.29) is 22.4 Å². The number of carbonyl (C=O) groups excluding carboxylic acids is 2. The summed E-state index contributed by atoms with van der Waals surface area (Å²) in [7, 11) is 0. The molecule has 0 spiro atoms. The molecule has 0 aromatic rings. The summed E-state index contributed by atoms with van der Waals surface area (Å²) in [5.74, 6) is 1.28. The fourth-order valence-corrected chi connectivity index (χ4v) is 5.76. The van der Waals surface area contributed by atoms with E-state index in [9.17, 15) is 14.7 Å². The molecule has 1 N–H and O–H groups in total. The van der Waals surface area contributed by atoms with Crippen molar-refractivity contribution in [1.82, 2.24) is 0 Å². The molecule has 0 aromatic heterocycles. The van der Waals surface area contributed by atoms with Crippen molar-refractivity contribution in [3.63, 3.8) is 0 Å². The largest absolute Gasteiger partial charge is 0.504 e. The van der Waals surface area contributed by atoms with Gasteiger partial charge in [0.1, 0.15) is 5.78 Å². The molecule has 4 atom stereocenters. The summed E-state index contributed by atoms with van der Waals surface area (Å²) in [5, 5.41) is 10.3. The molecule has 4 aliphatic carbocycles. The highest BCUT2D eigenvalue weighted by molar-refractivity contribution is 5.95. The summed E-state index contributed by atoms with van der Waals surface area (Å²) >= 11 is 0. The van der Waals surface area contributed by atoms with Crippen molar-refractivity contribution in [2.24, 2.45) is 22.7 Å². The first kappa shape index (κ1) is 14.2. The van der Waals surface area contributed by atoms with E-state index in [0.717, 1.165) is 44.1 Å². The molecular formula is C19H24O3. The molecule has 2 saturated carbocycles. The van der Waals surface area contributed by atoms with Gasteiger partial charge in [-0.3, -0.25) is 9.59 Å². The molecule has 4 aliphatic rings. The minimum Gasteiger partial charge on any atom is -0.504 e. The van der Waals surface area contributed by atoms with E-state index in [1.165, 1.54) is 5.57 Å². The summed E-state index contributed by atoms with van der Waals surface area (Å²) in [6.07, 6.45) is 7.88. The number of aliphatic hydroxyl groups is 1. The van der Waals surface area contributed by atoms with Gasteiger partial charge in [-0.1, -0.05) is 25.5 Å². The highest BCUT2D eigenvalue weighted by Crippen LogP contribution is 2.62.